The van der Waals surface area contributed by atoms with Crippen LogP contribution in [0, 0.1) is 11.2 Å². The minimum atomic E-state index is -0.895. The third kappa shape index (κ3) is 3.23. The predicted octanol–water partition coefficient (Wildman–Crippen LogP) is 2.33. The fourth-order valence-corrected chi connectivity index (χ4v) is 1.83. The molecule has 4 nitrogen and oxygen atoms in total. The Labute approximate surface area is 116 Å². The van der Waals surface area contributed by atoms with Crippen LogP contribution in [0.2, 0.25) is 0 Å². The van der Waals surface area contributed by atoms with Crippen LogP contribution in [-0.4, -0.2) is 24.6 Å². The zero-order chi connectivity index (χ0) is 14.8. The molecule has 20 heavy (non-hydrogen) atoms. The molecule has 1 saturated heterocycles. The van der Waals surface area contributed by atoms with E-state index < -0.39 is 23.5 Å². The van der Waals surface area contributed by atoms with Crippen molar-refractivity contribution < 1.29 is 23.5 Å². The molecule has 0 radical (unpaired) electrons. The first-order chi connectivity index (χ1) is 9.38. The van der Waals surface area contributed by atoms with Crippen molar-refractivity contribution in [2.24, 2.45) is 5.41 Å². The Kier molecular flexibility index (Phi) is 3.88. The van der Waals surface area contributed by atoms with Crippen LogP contribution in [0.3, 0.4) is 0 Å². The lowest BCUT2D eigenvalue weighted by Crippen LogP contribution is -2.34. The van der Waals surface area contributed by atoms with Crippen molar-refractivity contribution >= 4 is 18.0 Å². The summed E-state index contributed by atoms with van der Waals surface area (Å²) in [7, 11) is 0. The van der Waals surface area contributed by atoms with Gasteiger partial charge < -0.3 is 9.47 Å². The van der Waals surface area contributed by atoms with Gasteiger partial charge in [-0.05, 0) is 23.8 Å². The van der Waals surface area contributed by atoms with E-state index in [1.54, 1.807) is 13.8 Å². The zero-order valence-corrected chi connectivity index (χ0v) is 11.3. The van der Waals surface area contributed by atoms with Crippen molar-refractivity contribution in [1.82, 2.24) is 0 Å². The summed E-state index contributed by atoms with van der Waals surface area (Å²) in [6.45, 7) is 3.81. The lowest BCUT2D eigenvalue weighted by Gasteiger charge is -2.20. The van der Waals surface area contributed by atoms with Crippen molar-refractivity contribution in [1.29, 1.82) is 0 Å². The number of rotatable bonds is 3. The molecule has 0 N–H and O–H groups in total. The summed E-state index contributed by atoms with van der Waals surface area (Å²) < 4.78 is 22.7. The van der Waals surface area contributed by atoms with Gasteiger partial charge in [-0.1, -0.05) is 26.0 Å². The first-order valence-electron chi connectivity index (χ1n) is 6.19. The first-order valence-corrected chi connectivity index (χ1v) is 6.19. The topological polar surface area (TPSA) is 52.6 Å². The van der Waals surface area contributed by atoms with E-state index in [0.717, 1.165) is 0 Å². The van der Waals surface area contributed by atoms with Crippen LogP contribution in [0.4, 0.5) is 4.39 Å². The Hall–Kier alpha value is -2.17. The van der Waals surface area contributed by atoms with Gasteiger partial charge in [0, 0.05) is 11.5 Å². The predicted molar refractivity (Wildman–Crippen MR) is 70.1 cm³/mol. The number of esters is 2. The highest BCUT2D eigenvalue weighted by atomic mass is 19.1. The third-order valence-electron chi connectivity index (χ3n) is 3.03. The Morgan fingerprint density at radius 3 is 2.60 bits per heavy atom. The summed E-state index contributed by atoms with van der Waals surface area (Å²) in [5.74, 6) is -1.51. The minimum absolute atomic E-state index is 0.228. The Balaban J connectivity index is 1.99. The number of ether oxygens (including phenoxy) is 2. The van der Waals surface area contributed by atoms with Gasteiger partial charge in [-0.15, -0.1) is 0 Å². The maximum Gasteiger partial charge on any atom is 0.348 e. The molecule has 1 heterocycles. The average Bonchev–Trinajstić information content (AvgIpc) is 2.65. The third-order valence-corrected chi connectivity index (χ3v) is 3.03. The minimum Gasteiger partial charge on any atom is -0.462 e. The van der Waals surface area contributed by atoms with Gasteiger partial charge in [-0.3, -0.25) is 0 Å². The zero-order valence-electron chi connectivity index (χ0n) is 11.3. The van der Waals surface area contributed by atoms with Gasteiger partial charge >= 0.3 is 11.9 Å². The molecule has 0 unspecified atom stereocenters. The van der Waals surface area contributed by atoms with Gasteiger partial charge in [0.15, 0.2) is 0 Å². The maximum absolute atomic E-state index is 12.7. The molecule has 1 fully saturated rings. The van der Waals surface area contributed by atoms with E-state index in [1.807, 2.05) is 0 Å². The highest BCUT2D eigenvalue weighted by Crippen LogP contribution is 2.31. The second-order valence-corrected chi connectivity index (χ2v) is 5.30. The first kappa shape index (κ1) is 14.2. The van der Waals surface area contributed by atoms with Crippen molar-refractivity contribution in [3.05, 3.63) is 41.7 Å². The Morgan fingerprint density at radius 2 is 2.05 bits per heavy atom. The normalized spacial score (nSPS) is 20.9. The smallest absolute Gasteiger partial charge is 0.348 e. The summed E-state index contributed by atoms with van der Waals surface area (Å²) in [6.07, 6.45) is 1.80. The second kappa shape index (κ2) is 5.45. The lowest BCUT2D eigenvalue weighted by molar-refractivity contribution is -0.159. The molecule has 1 aliphatic rings. The molecule has 2 rings (SSSR count). The quantitative estimate of drug-likeness (QED) is 0.629. The van der Waals surface area contributed by atoms with E-state index in [1.165, 1.54) is 36.4 Å². The standard InChI is InChI=1S/C15H15FO4/c1-15(2)9-19-14(18)13(15)20-12(17)8-5-10-3-6-11(16)7-4-10/h3-8,13H,9H2,1-2H3/b8-5+/t13-/m0/s1. The summed E-state index contributed by atoms with van der Waals surface area (Å²) in [6, 6.07) is 5.66. The summed E-state index contributed by atoms with van der Waals surface area (Å²) in [4.78, 5) is 23.2. The lowest BCUT2D eigenvalue weighted by atomic mass is 9.90. The molecule has 0 amide bonds. The Morgan fingerprint density at radius 1 is 1.40 bits per heavy atom. The summed E-state index contributed by atoms with van der Waals surface area (Å²) in [5.41, 5.74) is 0.132. The molecule has 1 aliphatic heterocycles. The van der Waals surface area contributed by atoms with Crippen molar-refractivity contribution in [3.63, 3.8) is 0 Å². The number of hydrogen-bond donors (Lipinski definition) is 0. The number of carbonyl (C=O) groups excluding carboxylic acids is 2. The summed E-state index contributed by atoms with van der Waals surface area (Å²) >= 11 is 0. The van der Waals surface area contributed by atoms with E-state index in [9.17, 15) is 14.0 Å². The van der Waals surface area contributed by atoms with Crippen LogP contribution in [0.15, 0.2) is 30.3 Å². The van der Waals surface area contributed by atoms with Crippen LogP contribution >= 0.6 is 0 Å². The molecule has 1 atom stereocenters. The van der Waals surface area contributed by atoms with Crippen LogP contribution in [0.25, 0.3) is 6.08 Å². The molecule has 1 aromatic carbocycles. The van der Waals surface area contributed by atoms with Crippen molar-refractivity contribution in [2.45, 2.75) is 20.0 Å². The number of benzene rings is 1. The number of cyclic esters (lactones) is 1. The van der Waals surface area contributed by atoms with Gasteiger partial charge in [0.05, 0.1) is 0 Å². The molecule has 1 aromatic rings. The van der Waals surface area contributed by atoms with E-state index in [2.05, 4.69) is 0 Å². The van der Waals surface area contributed by atoms with Gasteiger partial charge in [0.25, 0.3) is 0 Å². The van der Waals surface area contributed by atoms with Crippen molar-refractivity contribution in [3.8, 4) is 0 Å². The molecule has 5 heteroatoms. The average molecular weight is 278 g/mol. The SMILES string of the molecule is CC1(C)COC(=O)[C@@H]1OC(=O)/C=C/c1ccc(F)cc1. The molecule has 0 bridgehead atoms. The van der Waals surface area contributed by atoms with Crippen LogP contribution in [-0.2, 0) is 19.1 Å². The molecule has 0 aromatic heterocycles. The van der Waals surface area contributed by atoms with Gasteiger partial charge in [0.1, 0.15) is 12.4 Å². The second-order valence-electron chi connectivity index (χ2n) is 5.30. The van der Waals surface area contributed by atoms with Gasteiger partial charge in [-0.25, -0.2) is 14.0 Å². The van der Waals surface area contributed by atoms with Gasteiger partial charge in [-0.2, -0.15) is 0 Å². The molecular weight excluding hydrogens is 263 g/mol. The molecule has 0 spiro atoms. The number of hydrogen-bond acceptors (Lipinski definition) is 4. The highest BCUT2D eigenvalue weighted by molar-refractivity contribution is 5.90. The number of carbonyl (C=O) groups is 2. The fraction of sp³-hybridized carbons (Fsp3) is 0.333. The monoisotopic (exact) mass is 278 g/mol. The number of halogens is 1. The van der Waals surface area contributed by atoms with E-state index in [4.69, 9.17) is 9.47 Å². The van der Waals surface area contributed by atoms with Crippen LogP contribution < -0.4 is 0 Å². The van der Waals surface area contributed by atoms with Crippen molar-refractivity contribution in [2.75, 3.05) is 6.61 Å². The van der Waals surface area contributed by atoms with E-state index >= 15 is 0 Å². The van der Waals surface area contributed by atoms with E-state index in [0.29, 0.717) is 5.56 Å². The molecular formula is C15H15FO4. The summed E-state index contributed by atoms with van der Waals surface area (Å²) in [5, 5.41) is 0. The van der Waals surface area contributed by atoms with Crippen LogP contribution in [0.1, 0.15) is 19.4 Å². The molecule has 0 aliphatic carbocycles. The van der Waals surface area contributed by atoms with E-state index in [-0.39, 0.29) is 12.4 Å². The molecule has 0 saturated carbocycles. The highest BCUT2D eigenvalue weighted by Gasteiger charge is 2.46. The van der Waals surface area contributed by atoms with Crippen LogP contribution in [0.5, 0.6) is 0 Å². The van der Waals surface area contributed by atoms with Gasteiger partial charge in [0.2, 0.25) is 6.10 Å². The largest absolute Gasteiger partial charge is 0.462 e. The molecule has 106 valence electrons. The maximum atomic E-state index is 12.7. The Bertz CT molecular complexity index is 545. The fourth-order valence-electron chi connectivity index (χ4n) is 1.83.